The first kappa shape index (κ1) is 52.8. The molecule has 6 aromatic rings. The summed E-state index contributed by atoms with van der Waals surface area (Å²) in [5.74, 6) is -2.30. The topological polar surface area (TPSA) is 187 Å². The monoisotopic (exact) mass is 996 g/mol. The van der Waals surface area contributed by atoms with Crippen LogP contribution in [0.4, 0.5) is 37.7 Å². The van der Waals surface area contributed by atoms with Gasteiger partial charge in [-0.25, -0.2) is 19.2 Å². The van der Waals surface area contributed by atoms with E-state index in [0.717, 1.165) is 0 Å². The van der Waals surface area contributed by atoms with E-state index in [4.69, 9.17) is 35.2 Å². The predicted octanol–water partition coefficient (Wildman–Crippen LogP) is 11.9. The Kier molecular flexibility index (Phi) is 17.9. The summed E-state index contributed by atoms with van der Waals surface area (Å²) in [4.78, 5) is 51.0. The van der Waals surface area contributed by atoms with E-state index in [1.165, 1.54) is 91.0 Å². The van der Waals surface area contributed by atoms with Crippen LogP contribution in [0.1, 0.15) is 68.7 Å². The fraction of sp³-hybridized carbons (Fsp3) is 0.185. The van der Waals surface area contributed by atoms with Crippen LogP contribution in [0.2, 0.25) is 0 Å². The van der Waals surface area contributed by atoms with Crippen LogP contribution in [0.3, 0.4) is 0 Å². The number of esters is 3. The minimum Gasteiger partial charge on any atom is -0.494 e. The third-order valence-electron chi connectivity index (χ3n) is 10.4. The molecule has 12 nitrogen and oxygen atoms in total. The lowest BCUT2D eigenvalue weighted by Crippen LogP contribution is -2.10. The molecule has 5 N–H and O–H groups in total. The van der Waals surface area contributed by atoms with Crippen LogP contribution < -0.4 is 30.4 Å². The molecule has 0 radical (unpaired) electrons. The highest BCUT2D eigenvalue weighted by Gasteiger charge is 2.27. The van der Waals surface area contributed by atoms with Crippen LogP contribution in [-0.4, -0.2) is 54.6 Å². The van der Waals surface area contributed by atoms with Crippen molar-refractivity contribution < 1.29 is 74.3 Å². The average molecular weight is 997 g/mol. The summed E-state index contributed by atoms with van der Waals surface area (Å²) in [6.45, 7) is -0.484. The fourth-order valence-electron chi connectivity index (χ4n) is 6.89. The third-order valence-corrected chi connectivity index (χ3v) is 10.4. The van der Waals surface area contributed by atoms with Crippen molar-refractivity contribution >= 4 is 47.4 Å². The fourth-order valence-corrected chi connectivity index (χ4v) is 6.89. The number of carbonyl (C=O) groups excluding carboxylic acids is 3. The van der Waals surface area contributed by atoms with Gasteiger partial charge in [0.15, 0.2) is 0 Å². The van der Waals surface area contributed by atoms with E-state index in [1.54, 1.807) is 60.7 Å². The number of carbonyl (C=O) groups is 4. The van der Waals surface area contributed by atoms with Gasteiger partial charge in [0.1, 0.15) is 29.6 Å². The molecule has 0 saturated heterocycles. The number of hydrogen-bond acceptors (Lipinski definition) is 11. The van der Waals surface area contributed by atoms with Gasteiger partial charge in [-0.1, -0.05) is 36.4 Å². The highest BCUT2D eigenvalue weighted by Crippen LogP contribution is 2.33. The van der Waals surface area contributed by atoms with Gasteiger partial charge in [0.25, 0.3) is 0 Å². The Balaban J connectivity index is 1.04. The van der Waals surface area contributed by atoms with Gasteiger partial charge in [-0.15, -0.1) is 0 Å². The number of carboxylic acids is 1. The number of halogens is 6. The van der Waals surface area contributed by atoms with Gasteiger partial charge in [0.2, 0.25) is 0 Å². The van der Waals surface area contributed by atoms with Crippen LogP contribution >= 0.6 is 0 Å². The molecule has 6 rings (SSSR count). The maximum atomic E-state index is 12.9. The minimum atomic E-state index is -4.28. The van der Waals surface area contributed by atoms with Crippen LogP contribution in [0.15, 0.2) is 145 Å². The predicted molar refractivity (Wildman–Crippen MR) is 256 cm³/mol. The van der Waals surface area contributed by atoms with Gasteiger partial charge in [-0.3, -0.25) is 0 Å². The van der Waals surface area contributed by atoms with Crippen molar-refractivity contribution in [3.05, 3.63) is 178 Å². The summed E-state index contributed by atoms with van der Waals surface area (Å²) in [6.07, 6.45) is -6.80. The Morgan fingerprint density at radius 1 is 0.542 bits per heavy atom. The van der Waals surface area contributed by atoms with Crippen molar-refractivity contribution in [3.8, 4) is 34.1 Å². The molecule has 6 aromatic carbocycles. The normalized spacial score (nSPS) is 11.8. The average Bonchev–Trinajstić information content (AvgIpc) is 3.33. The molecule has 0 amide bonds. The Hall–Kier alpha value is -8.54. The zero-order chi connectivity index (χ0) is 51.8. The number of carboxylic acid groups (broad SMARTS) is 1. The summed E-state index contributed by atoms with van der Waals surface area (Å²) in [7, 11) is 0. The number of rotatable bonds is 21. The van der Waals surface area contributed by atoms with Crippen molar-refractivity contribution in [2.45, 2.75) is 51.1 Å². The Bertz CT molecular complexity index is 2900. The summed E-state index contributed by atoms with van der Waals surface area (Å²) >= 11 is 0. The molecule has 0 spiro atoms. The van der Waals surface area contributed by atoms with E-state index in [9.17, 15) is 50.6 Å². The van der Waals surface area contributed by atoms with Crippen molar-refractivity contribution in [3.63, 3.8) is 0 Å². The number of hydrogen-bond donors (Lipinski definition) is 3. The molecule has 0 atom stereocenters. The quantitative estimate of drug-likeness (QED) is 0.0155. The molecule has 0 aromatic heterocycles. The standard InChI is InChI=1S/C54H46F6N2O10/c55-53(56,57)25-1-27-68-43-18-8-36(9-19-43)51(66)71-45-14-3-34(4-15-45)7-24-49(63)70-33-40-32-42(62)13-23-48(40)47-22-12-41(61)31-38(47)30-39(50(64)65)29-35-5-16-46(17-6-35)72-52(67)37-10-20-44(21-11-37)69-28-2-26-54(58,59)60/h3-24,29,31-32H,1-2,25-28,30,33,61-62H2,(H,64,65). The molecule has 0 saturated carbocycles. The molecule has 374 valence electrons. The number of nitrogen functional groups attached to an aromatic ring is 2. The van der Waals surface area contributed by atoms with E-state index in [1.807, 2.05) is 0 Å². The number of alkyl halides is 6. The van der Waals surface area contributed by atoms with Crippen LogP contribution in [0.25, 0.3) is 23.3 Å². The second-order valence-corrected chi connectivity index (χ2v) is 16.0. The molecule has 0 aliphatic carbocycles. The summed E-state index contributed by atoms with van der Waals surface area (Å²) in [5, 5.41) is 10.3. The SMILES string of the molecule is Nc1ccc(-c2ccc(N)cc2CC(=Cc2ccc(OC(=O)c3ccc(OCCCC(F)(F)F)cc3)cc2)C(=O)O)c(COC(=O)C=Cc2ccc(OC(=O)c3ccc(OCCCC(F)(F)F)cc3)cc2)c1. The molecule has 18 heteroatoms. The first-order valence-corrected chi connectivity index (χ1v) is 22.1. The lowest BCUT2D eigenvalue weighted by Gasteiger charge is -2.16. The van der Waals surface area contributed by atoms with Gasteiger partial charge in [-0.05, 0) is 155 Å². The molecular weight excluding hydrogens is 951 g/mol. The second-order valence-electron chi connectivity index (χ2n) is 16.0. The smallest absolute Gasteiger partial charge is 0.389 e. The van der Waals surface area contributed by atoms with Crippen molar-refractivity contribution in [1.29, 1.82) is 0 Å². The van der Waals surface area contributed by atoms with E-state index in [2.05, 4.69) is 0 Å². The molecule has 0 bridgehead atoms. The van der Waals surface area contributed by atoms with Crippen LogP contribution in [0, 0.1) is 0 Å². The molecule has 72 heavy (non-hydrogen) atoms. The summed E-state index contributed by atoms with van der Waals surface area (Å²) in [5.41, 5.74) is 16.8. The summed E-state index contributed by atoms with van der Waals surface area (Å²) < 4.78 is 101. The van der Waals surface area contributed by atoms with Crippen LogP contribution in [0.5, 0.6) is 23.0 Å². The second kappa shape index (κ2) is 24.3. The highest BCUT2D eigenvalue weighted by molar-refractivity contribution is 5.94. The zero-order valence-electron chi connectivity index (χ0n) is 38.1. The lowest BCUT2D eigenvalue weighted by molar-refractivity contribution is -0.139. The molecule has 0 unspecified atom stereocenters. The number of anilines is 2. The highest BCUT2D eigenvalue weighted by atomic mass is 19.4. The van der Waals surface area contributed by atoms with E-state index in [-0.39, 0.29) is 67.3 Å². The molecular formula is C54H46F6N2O10. The van der Waals surface area contributed by atoms with E-state index in [0.29, 0.717) is 56.3 Å². The number of ether oxygens (including phenoxy) is 5. The third kappa shape index (κ3) is 16.9. The zero-order valence-corrected chi connectivity index (χ0v) is 38.1. The Labute approximate surface area is 409 Å². The minimum absolute atomic E-state index is 0.00607. The van der Waals surface area contributed by atoms with Gasteiger partial charge in [0, 0.05) is 42.3 Å². The lowest BCUT2D eigenvalue weighted by atomic mass is 9.91. The first-order valence-electron chi connectivity index (χ1n) is 22.1. The van der Waals surface area contributed by atoms with Gasteiger partial charge in [-0.2, -0.15) is 26.3 Å². The molecule has 0 aliphatic rings. The Morgan fingerprint density at radius 3 is 1.43 bits per heavy atom. The summed E-state index contributed by atoms with van der Waals surface area (Å²) in [6, 6.07) is 33.9. The van der Waals surface area contributed by atoms with Gasteiger partial charge in [0.05, 0.1) is 24.3 Å². The van der Waals surface area contributed by atoms with E-state index >= 15 is 0 Å². The first-order chi connectivity index (χ1) is 34.3. The van der Waals surface area contributed by atoms with Crippen molar-refractivity contribution in [2.24, 2.45) is 0 Å². The molecule has 0 heterocycles. The number of aliphatic carboxylic acids is 1. The largest absolute Gasteiger partial charge is 0.494 e. The van der Waals surface area contributed by atoms with Crippen LogP contribution in [-0.2, 0) is 27.4 Å². The molecule has 0 fully saturated rings. The Morgan fingerprint density at radius 2 is 0.972 bits per heavy atom. The van der Waals surface area contributed by atoms with Gasteiger partial charge >= 0.3 is 36.2 Å². The number of nitrogens with two attached hydrogens (primary N) is 2. The maximum absolute atomic E-state index is 12.9. The maximum Gasteiger partial charge on any atom is 0.389 e. The van der Waals surface area contributed by atoms with E-state index < -0.39 is 49.1 Å². The van der Waals surface area contributed by atoms with Gasteiger partial charge < -0.3 is 40.3 Å². The molecule has 0 aliphatic heterocycles. The van der Waals surface area contributed by atoms with Crippen molar-refractivity contribution in [1.82, 2.24) is 0 Å². The number of benzene rings is 6. The van der Waals surface area contributed by atoms with Crippen molar-refractivity contribution in [2.75, 3.05) is 24.7 Å².